The maximum atomic E-state index is 11.8. The van der Waals surface area contributed by atoms with Crippen molar-refractivity contribution in [3.63, 3.8) is 0 Å². The lowest BCUT2D eigenvalue weighted by atomic mass is 10.1. The van der Waals surface area contributed by atoms with Crippen molar-refractivity contribution in [1.82, 2.24) is 4.90 Å². The van der Waals surface area contributed by atoms with Crippen LogP contribution in [0.1, 0.15) is 26.5 Å². The summed E-state index contributed by atoms with van der Waals surface area (Å²) in [7, 11) is -3.15. The van der Waals surface area contributed by atoms with Gasteiger partial charge in [-0.2, -0.15) is 11.8 Å². The van der Waals surface area contributed by atoms with Gasteiger partial charge in [0.25, 0.3) is 0 Å². The van der Waals surface area contributed by atoms with Crippen LogP contribution in [0.25, 0.3) is 0 Å². The quantitative estimate of drug-likeness (QED) is 0.846. The van der Waals surface area contributed by atoms with Crippen molar-refractivity contribution in [2.24, 2.45) is 0 Å². The van der Waals surface area contributed by atoms with Gasteiger partial charge >= 0.3 is 0 Å². The largest absolute Gasteiger partial charge is 0.468 e. The molecule has 1 saturated heterocycles. The van der Waals surface area contributed by atoms with E-state index >= 15 is 0 Å². The zero-order chi connectivity index (χ0) is 16.4. The van der Waals surface area contributed by atoms with Gasteiger partial charge in [0, 0.05) is 17.0 Å². The Morgan fingerprint density at radius 2 is 2.14 bits per heavy atom. The zero-order valence-electron chi connectivity index (χ0n) is 13.4. The summed E-state index contributed by atoms with van der Waals surface area (Å²) in [5, 5.41) is 10.1. The number of aliphatic hydroxyl groups excluding tert-OH is 1. The molecule has 22 heavy (non-hydrogen) atoms. The molecule has 1 aliphatic heterocycles. The van der Waals surface area contributed by atoms with Crippen molar-refractivity contribution in [2.75, 3.05) is 23.8 Å². The topological polar surface area (TPSA) is 70.8 Å². The van der Waals surface area contributed by atoms with E-state index in [0.717, 1.165) is 18.1 Å². The molecule has 2 rings (SSSR count). The number of sulfone groups is 1. The third kappa shape index (κ3) is 5.30. The second-order valence-electron chi connectivity index (χ2n) is 6.72. The maximum absolute atomic E-state index is 11.8. The minimum atomic E-state index is -3.15. The predicted molar refractivity (Wildman–Crippen MR) is 89.8 cm³/mol. The number of thioether (sulfide) groups is 1. The van der Waals surface area contributed by atoms with Gasteiger partial charge in [-0.05, 0) is 12.1 Å². The SMILES string of the molecule is CC(C)(C)SCCN(Cc1ccco1)[C@@H]1CS(=O)(=O)C[C@@H]1O. The molecule has 1 aromatic heterocycles. The van der Waals surface area contributed by atoms with Crippen molar-refractivity contribution < 1.29 is 17.9 Å². The summed E-state index contributed by atoms with van der Waals surface area (Å²) in [5.41, 5.74) is 0. The van der Waals surface area contributed by atoms with Gasteiger partial charge in [-0.15, -0.1) is 0 Å². The lowest BCUT2D eigenvalue weighted by Gasteiger charge is -2.30. The van der Waals surface area contributed by atoms with Crippen molar-refractivity contribution in [2.45, 2.75) is 44.2 Å². The number of hydrogen-bond donors (Lipinski definition) is 1. The van der Waals surface area contributed by atoms with Gasteiger partial charge in [0.1, 0.15) is 5.76 Å². The summed E-state index contributed by atoms with van der Waals surface area (Å²) >= 11 is 1.83. The molecule has 7 heteroatoms. The minimum absolute atomic E-state index is 0.0229. The molecule has 1 N–H and O–H groups in total. The Labute approximate surface area is 137 Å². The number of hydrogen-bond acceptors (Lipinski definition) is 6. The van der Waals surface area contributed by atoms with Gasteiger partial charge < -0.3 is 9.52 Å². The van der Waals surface area contributed by atoms with Gasteiger partial charge in [-0.25, -0.2) is 8.42 Å². The van der Waals surface area contributed by atoms with Gasteiger partial charge in [-0.1, -0.05) is 20.8 Å². The Balaban J connectivity index is 2.04. The first-order valence-electron chi connectivity index (χ1n) is 7.45. The smallest absolute Gasteiger partial charge is 0.154 e. The van der Waals surface area contributed by atoms with Crippen LogP contribution >= 0.6 is 11.8 Å². The van der Waals surface area contributed by atoms with Crippen molar-refractivity contribution >= 4 is 21.6 Å². The Kier molecular flexibility index (Phi) is 5.63. The van der Waals surface area contributed by atoms with Crippen LogP contribution in [-0.4, -0.2) is 59.1 Å². The van der Waals surface area contributed by atoms with E-state index in [2.05, 4.69) is 20.8 Å². The number of furan rings is 1. The molecule has 0 aliphatic carbocycles. The highest BCUT2D eigenvalue weighted by Crippen LogP contribution is 2.25. The fourth-order valence-electron chi connectivity index (χ4n) is 2.59. The van der Waals surface area contributed by atoms with Crippen LogP contribution < -0.4 is 0 Å². The summed E-state index contributed by atoms with van der Waals surface area (Å²) < 4.78 is 29.1. The van der Waals surface area contributed by atoms with Crippen molar-refractivity contribution in [1.29, 1.82) is 0 Å². The molecule has 0 aromatic carbocycles. The van der Waals surface area contributed by atoms with Crippen LogP contribution in [0.15, 0.2) is 22.8 Å². The van der Waals surface area contributed by atoms with Crippen LogP contribution in [0.3, 0.4) is 0 Å². The molecule has 0 bridgehead atoms. The second kappa shape index (κ2) is 6.95. The van der Waals surface area contributed by atoms with E-state index in [9.17, 15) is 13.5 Å². The number of nitrogens with zero attached hydrogens (tertiary/aromatic N) is 1. The highest BCUT2D eigenvalue weighted by Gasteiger charge is 2.40. The Morgan fingerprint density at radius 1 is 1.41 bits per heavy atom. The van der Waals surface area contributed by atoms with Crippen LogP contribution in [0, 0.1) is 0 Å². The lowest BCUT2D eigenvalue weighted by molar-refractivity contribution is 0.0782. The van der Waals surface area contributed by atoms with Crippen molar-refractivity contribution in [3.8, 4) is 0 Å². The average Bonchev–Trinajstić information content (AvgIpc) is 2.94. The summed E-state index contributed by atoms with van der Waals surface area (Å²) in [6.45, 7) is 7.71. The van der Waals surface area contributed by atoms with Crippen LogP contribution in [0.5, 0.6) is 0 Å². The summed E-state index contributed by atoms with van der Waals surface area (Å²) in [4.78, 5) is 2.03. The molecule has 2 atom stereocenters. The Morgan fingerprint density at radius 3 is 2.64 bits per heavy atom. The van der Waals surface area contributed by atoms with E-state index in [0.29, 0.717) is 6.54 Å². The highest BCUT2D eigenvalue weighted by molar-refractivity contribution is 8.00. The highest BCUT2D eigenvalue weighted by atomic mass is 32.2. The predicted octanol–water partition coefficient (Wildman–Crippen LogP) is 1.77. The molecule has 0 spiro atoms. The van der Waals surface area contributed by atoms with E-state index in [1.165, 1.54) is 0 Å². The van der Waals surface area contributed by atoms with E-state index < -0.39 is 15.9 Å². The first-order chi connectivity index (χ1) is 10.2. The fraction of sp³-hybridized carbons (Fsp3) is 0.733. The molecule has 1 aliphatic rings. The average molecular weight is 348 g/mol. The Bertz CT molecular complexity index is 563. The van der Waals surface area contributed by atoms with E-state index in [-0.39, 0.29) is 22.3 Å². The van der Waals surface area contributed by atoms with Gasteiger partial charge in [0.05, 0.1) is 36.5 Å². The molecule has 0 radical (unpaired) electrons. The number of rotatable bonds is 6. The lowest BCUT2D eigenvalue weighted by Crippen LogP contribution is -2.44. The van der Waals surface area contributed by atoms with Crippen LogP contribution in [0.2, 0.25) is 0 Å². The van der Waals surface area contributed by atoms with E-state index in [1.54, 1.807) is 6.26 Å². The van der Waals surface area contributed by atoms with Crippen LogP contribution in [0.4, 0.5) is 0 Å². The molecular weight excluding hydrogens is 322 g/mol. The van der Waals surface area contributed by atoms with Gasteiger partial charge in [-0.3, -0.25) is 4.90 Å². The molecule has 1 fully saturated rings. The molecule has 5 nitrogen and oxygen atoms in total. The third-order valence-corrected chi connectivity index (χ3v) is 6.57. The van der Waals surface area contributed by atoms with Crippen LogP contribution in [-0.2, 0) is 16.4 Å². The second-order valence-corrected chi connectivity index (χ2v) is 10.8. The molecular formula is C15H25NO4S2. The normalized spacial score (nSPS) is 25.0. The first kappa shape index (κ1) is 17.8. The monoisotopic (exact) mass is 347 g/mol. The maximum Gasteiger partial charge on any atom is 0.154 e. The standard InChI is InChI=1S/C15H25NO4S2/c1-15(2,3)21-8-6-16(9-12-5-4-7-20-12)13-10-22(18,19)11-14(13)17/h4-5,7,13-14,17H,6,8-11H2,1-3H3/t13-,14+/m1/s1. The summed E-state index contributed by atoms with van der Waals surface area (Å²) in [6, 6.07) is 3.34. The molecule has 0 unspecified atom stereocenters. The molecule has 126 valence electrons. The molecule has 1 aromatic rings. The fourth-order valence-corrected chi connectivity index (χ4v) is 5.36. The molecule has 2 heterocycles. The zero-order valence-corrected chi connectivity index (χ0v) is 15.0. The summed E-state index contributed by atoms with van der Waals surface area (Å²) in [6.07, 6.45) is 0.791. The summed E-state index contributed by atoms with van der Waals surface area (Å²) in [5.74, 6) is 1.55. The Hall–Kier alpha value is -0.500. The van der Waals surface area contributed by atoms with Crippen molar-refractivity contribution in [3.05, 3.63) is 24.2 Å². The van der Waals surface area contributed by atoms with Gasteiger partial charge in [0.15, 0.2) is 9.84 Å². The third-order valence-electron chi connectivity index (χ3n) is 3.62. The minimum Gasteiger partial charge on any atom is -0.468 e. The number of aliphatic hydroxyl groups is 1. The first-order valence-corrected chi connectivity index (χ1v) is 10.3. The molecule has 0 amide bonds. The van der Waals surface area contributed by atoms with E-state index in [1.807, 2.05) is 28.8 Å². The van der Waals surface area contributed by atoms with E-state index in [4.69, 9.17) is 4.42 Å². The van der Waals surface area contributed by atoms with Gasteiger partial charge in [0.2, 0.25) is 0 Å². The molecule has 0 saturated carbocycles.